The van der Waals surface area contributed by atoms with Crippen molar-refractivity contribution in [3.05, 3.63) is 128 Å². The lowest BCUT2D eigenvalue weighted by Gasteiger charge is -2.24. The number of nitrogens with zero attached hydrogens (tertiary/aromatic N) is 7. The molecule has 7 aromatic rings. The van der Waals surface area contributed by atoms with E-state index in [1.54, 1.807) is 6.92 Å². The third-order valence-corrected chi connectivity index (χ3v) is 14.3. The highest BCUT2D eigenvalue weighted by molar-refractivity contribution is 7.93. The average molecular weight is 990 g/mol. The summed E-state index contributed by atoms with van der Waals surface area (Å²) < 4.78 is 164. The first-order chi connectivity index (χ1) is 32.2. The van der Waals surface area contributed by atoms with Gasteiger partial charge in [0.05, 0.1) is 43.8 Å². The molecular formula is C44H33ClF9N9O4S. The molecule has 24 heteroatoms. The molecule has 2 N–H and O–H groups in total. The second-order valence-electron chi connectivity index (χ2n) is 17.0. The number of aromatic nitrogens is 7. The van der Waals surface area contributed by atoms with Crippen LogP contribution in [0, 0.1) is 30.3 Å². The number of fused-ring (bicyclic) bond motifs is 5. The highest BCUT2D eigenvalue weighted by Crippen LogP contribution is 2.68. The van der Waals surface area contributed by atoms with Gasteiger partial charge in [-0.3, -0.25) is 33.2 Å². The molecule has 10 rings (SSSR count). The first-order valence-electron chi connectivity index (χ1n) is 20.9. The van der Waals surface area contributed by atoms with Gasteiger partial charge in [0.25, 0.3) is 24.3 Å². The van der Waals surface area contributed by atoms with Gasteiger partial charge in [0, 0.05) is 35.2 Å². The average Bonchev–Trinajstić information content (AvgIpc) is 4.18. The number of aryl methyl sites for hydroxylation is 1. The van der Waals surface area contributed by atoms with Crippen LogP contribution < -0.4 is 15.6 Å². The molecule has 13 nitrogen and oxygen atoms in total. The normalized spacial score (nSPS) is 17.8. The minimum atomic E-state index is -4.12. The highest BCUT2D eigenvalue weighted by Gasteiger charge is 2.67. The van der Waals surface area contributed by atoms with Crippen molar-refractivity contribution in [2.45, 2.75) is 81.7 Å². The lowest BCUT2D eigenvalue weighted by Crippen LogP contribution is -2.38. The number of hydrogen-bond donors (Lipinski definition) is 2. The number of anilines is 1. The Balaban J connectivity index is 1.20. The van der Waals surface area contributed by atoms with Crippen LogP contribution in [0.3, 0.4) is 0 Å². The fourth-order valence-electron chi connectivity index (χ4n) is 9.06. The highest BCUT2D eigenvalue weighted by atomic mass is 35.5. The second-order valence-corrected chi connectivity index (χ2v) is 19.3. The minimum absolute atomic E-state index is 0.0641. The van der Waals surface area contributed by atoms with Gasteiger partial charge < -0.3 is 5.32 Å². The number of amides is 1. The zero-order chi connectivity index (χ0) is 48.3. The summed E-state index contributed by atoms with van der Waals surface area (Å²) in [6.45, 7) is -0.678. The molecule has 354 valence electrons. The zero-order valence-electron chi connectivity index (χ0n) is 34.9. The van der Waals surface area contributed by atoms with Gasteiger partial charge in [0.2, 0.25) is 15.9 Å². The summed E-state index contributed by atoms with van der Waals surface area (Å²) in [7, 11) is -4.12. The standard InChI is InChI=1S/C44H33ClF9N9O4S/c1-18-2-8-28(48)36(55-18)20-3-6-24-29(13-20)57-42(63(43(24)65)31-9-7-27(45)35-38(31)61(16-32(49)50)59-41(35)60-68(66,67)23-4-5-23)30(12-19-10-21(46)14-22(47)11-19)56-33(64)17-62-39-34(37(58-62)40(51)52)25-15-26(25)44(39,53)54/h2-3,6-11,13-14,23,25-26,30,32,40H,4-5,12,15-17H2,1H3,(H,56,64)(H,59,60)/t25-,26+,30-/m0/s1. The lowest BCUT2D eigenvalue weighted by atomic mass is 10.0. The maximum atomic E-state index is 15.6. The minimum Gasteiger partial charge on any atom is -0.344 e. The van der Waals surface area contributed by atoms with E-state index in [2.05, 4.69) is 25.2 Å². The van der Waals surface area contributed by atoms with E-state index in [1.807, 2.05) is 0 Å². The Hall–Kier alpha value is -6.49. The van der Waals surface area contributed by atoms with E-state index >= 15 is 18.0 Å². The maximum absolute atomic E-state index is 15.6. The van der Waals surface area contributed by atoms with Crippen LogP contribution in [0.4, 0.5) is 45.3 Å². The summed E-state index contributed by atoms with van der Waals surface area (Å²) in [5.74, 6) is -10.9. The van der Waals surface area contributed by atoms with Crippen LogP contribution in [0.1, 0.15) is 71.7 Å². The van der Waals surface area contributed by atoms with Gasteiger partial charge in [-0.2, -0.15) is 19.0 Å². The van der Waals surface area contributed by atoms with Crippen LogP contribution >= 0.6 is 11.6 Å². The van der Waals surface area contributed by atoms with Gasteiger partial charge in [0.1, 0.15) is 53.4 Å². The molecule has 0 radical (unpaired) electrons. The summed E-state index contributed by atoms with van der Waals surface area (Å²) >= 11 is 6.66. The monoisotopic (exact) mass is 989 g/mol. The number of hydrogen-bond acceptors (Lipinski definition) is 8. The Morgan fingerprint density at radius 2 is 1.68 bits per heavy atom. The smallest absolute Gasteiger partial charge is 0.293 e. The van der Waals surface area contributed by atoms with Crippen molar-refractivity contribution < 1.29 is 52.7 Å². The van der Waals surface area contributed by atoms with Crippen LogP contribution in [0.25, 0.3) is 38.8 Å². The molecule has 3 atom stereocenters. The van der Waals surface area contributed by atoms with Gasteiger partial charge in [0.15, 0.2) is 5.82 Å². The lowest BCUT2D eigenvalue weighted by molar-refractivity contribution is -0.123. The molecule has 0 bridgehead atoms. The molecule has 3 aliphatic carbocycles. The zero-order valence-corrected chi connectivity index (χ0v) is 36.5. The fraction of sp³-hybridized carbons (Fsp3) is 0.318. The maximum Gasteiger partial charge on any atom is 0.293 e. The van der Waals surface area contributed by atoms with Gasteiger partial charge in [-0.25, -0.2) is 44.1 Å². The number of halogens is 10. The van der Waals surface area contributed by atoms with Crippen LogP contribution in [0.15, 0.2) is 65.5 Å². The van der Waals surface area contributed by atoms with Gasteiger partial charge >= 0.3 is 0 Å². The largest absolute Gasteiger partial charge is 0.344 e. The van der Waals surface area contributed by atoms with Gasteiger partial charge in [-0.05, 0) is 86.2 Å². The van der Waals surface area contributed by atoms with Crippen molar-refractivity contribution in [2.75, 3.05) is 4.72 Å². The third kappa shape index (κ3) is 7.91. The fourth-order valence-corrected chi connectivity index (χ4v) is 10.6. The van der Waals surface area contributed by atoms with Gasteiger partial charge in [-0.15, -0.1) is 0 Å². The molecule has 3 aliphatic rings. The Morgan fingerprint density at radius 3 is 2.37 bits per heavy atom. The number of rotatable bonds is 14. The molecule has 0 saturated heterocycles. The number of pyridine rings is 1. The summed E-state index contributed by atoms with van der Waals surface area (Å²) in [5, 5.41) is 8.95. The van der Waals surface area contributed by atoms with Crippen molar-refractivity contribution in [1.29, 1.82) is 0 Å². The summed E-state index contributed by atoms with van der Waals surface area (Å²) in [6.07, 6.45) is -6.48. The van der Waals surface area contributed by atoms with E-state index < -0.39 is 123 Å². The van der Waals surface area contributed by atoms with Crippen LogP contribution in [0.2, 0.25) is 5.02 Å². The summed E-state index contributed by atoms with van der Waals surface area (Å²) in [6, 6.07) is 9.46. The van der Waals surface area contributed by atoms with Crippen molar-refractivity contribution >= 4 is 55.2 Å². The Morgan fingerprint density at radius 1 is 0.941 bits per heavy atom. The van der Waals surface area contributed by atoms with Gasteiger partial charge in [-0.1, -0.05) is 17.7 Å². The van der Waals surface area contributed by atoms with Crippen molar-refractivity contribution in [2.24, 2.45) is 5.92 Å². The molecule has 0 aliphatic heterocycles. The Kier molecular flexibility index (Phi) is 10.9. The second kappa shape index (κ2) is 16.3. The topological polar surface area (TPSA) is 159 Å². The molecule has 2 fully saturated rings. The first-order valence-corrected chi connectivity index (χ1v) is 22.8. The molecule has 3 aromatic carbocycles. The molecule has 2 saturated carbocycles. The molecular weight excluding hydrogens is 957 g/mol. The van der Waals surface area contributed by atoms with E-state index in [0.29, 0.717) is 34.0 Å². The van der Waals surface area contributed by atoms with Crippen LogP contribution in [0.5, 0.6) is 0 Å². The molecule has 0 unspecified atom stereocenters. The van der Waals surface area contributed by atoms with E-state index in [1.165, 1.54) is 36.4 Å². The third-order valence-electron chi connectivity index (χ3n) is 12.2. The predicted octanol–water partition coefficient (Wildman–Crippen LogP) is 8.79. The molecule has 0 spiro atoms. The van der Waals surface area contributed by atoms with E-state index in [9.17, 15) is 39.6 Å². The molecule has 1 amide bonds. The number of nitrogens with one attached hydrogen (secondary N) is 2. The summed E-state index contributed by atoms with van der Waals surface area (Å²) in [5.41, 5.74) is -3.78. The molecule has 68 heavy (non-hydrogen) atoms. The van der Waals surface area contributed by atoms with Crippen molar-refractivity contribution in [3.8, 4) is 16.9 Å². The van der Waals surface area contributed by atoms with Crippen molar-refractivity contribution in [3.63, 3.8) is 0 Å². The number of sulfonamides is 1. The van der Waals surface area contributed by atoms with E-state index in [-0.39, 0.29) is 61.3 Å². The SMILES string of the molecule is Cc1ccc(F)c(-c2ccc3c(=O)n(-c4ccc(Cl)c5c(NS(=O)(=O)C6CC6)nn(CC(F)F)c45)c([C@H](Cc4cc(F)cc(F)c4)NC(=O)Cn4nc(C(F)F)c5c4C(F)(F)[C@@H]4C[C@H]54)nc3c2)n1. The number of benzene rings is 3. The van der Waals surface area contributed by atoms with E-state index in [0.717, 1.165) is 22.8 Å². The number of alkyl halides is 6. The predicted molar refractivity (Wildman–Crippen MR) is 228 cm³/mol. The quantitative estimate of drug-likeness (QED) is 0.102. The Labute approximate surface area is 383 Å². The number of carbonyl (C=O) groups is 1. The first kappa shape index (κ1) is 45.3. The molecule has 4 aromatic heterocycles. The summed E-state index contributed by atoms with van der Waals surface area (Å²) in [4.78, 5) is 38.4. The Bertz CT molecular complexity index is 3410. The van der Waals surface area contributed by atoms with Crippen molar-refractivity contribution in [1.82, 2.24) is 39.4 Å². The van der Waals surface area contributed by atoms with Crippen LogP contribution in [-0.4, -0.2) is 60.1 Å². The van der Waals surface area contributed by atoms with Crippen LogP contribution in [-0.2, 0) is 40.3 Å². The molecule has 4 heterocycles. The van der Waals surface area contributed by atoms with E-state index in [4.69, 9.17) is 16.6 Å². The number of carbonyl (C=O) groups excluding carboxylic acids is 1.